The Hall–Kier alpha value is -1.14. The SMILES string of the molecule is CC(=O)N1CCC(N2CCN(C(C)=O)C[C@@H](O)C2)CC1. The third-order valence-corrected chi connectivity index (χ3v) is 4.41. The minimum absolute atomic E-state index is 0.0253. The number of hydrogen-bond acceptors (Lipinski definition) is 4. The van der Waals surface area contributed by atoms with Crippen LogP contribution in [0.25, 0.3) is 0 Å². The number of piperidine rings is 1. The summed E-state index contributed by atoms with van der Waals surface area (Å²) in [6.45, 7) is 7.29. The predicted molar refractivity (Wildman–Crippen MR) is 75.1 cm³/mol. The topological polar surface area (TPSA) is 64.1 Å². The highest BCUT2D eigenvalue weighted by Gasteiger charge is 2.30. The van der Waals surface area contributed by atoms with Gasteiger partial charge in [-0.05, 0) is 12.8 Å². The summed E-state index contributed by atoms with van der Waals surface area (Å²) in [4.78, 5) is 28.7. The van der Waals surface area contributed by atoms with Gasteiger partial charge in [0.2, 0.25) is 11.8 Å². The third kappa shape index (κ3) is 3.70. The summed E-state index contributed by atoms with van der Waals surface area (Å²) in [5, 5.41) is 10.0. The van der Waals surface area contributed by atoms with Crippen molar-refractivity contribution in [3.8, 4) is 0 Å². The van der Waals surface area contributed by atoms with E-state index < -0.39 is 6.10 Å². The average Bonchev–Trinajstić information content (AvgIpc) is 2.61. The molecule has 20 heavy (non-hydrogen) atoms. The van der Waals surface area contributed by atoms with Crippen LogP contribution in [0.3, 0.4) is 0 Å². The minimum Gasteiger partial charge on any atom is -0.390 e. The van der Waals surface area contributed by atoms with Crippen LogP contribution in [-0.4, -0.2) is 83.0 Å². The van der Waals surface area contributed by atoms with Gasteiger partial charge in [-0.1, -0.05) is 0 Å². The lowest BCUT2D eigenvalue weighted by Crippen LogP contribution is -2.48. The van der Waals surface area contributed by atoms with Crippen LogP contribution in [0.2, 0.25) is 0 Å². The van der Waals surface area contributed by atoms with Crippen LogP contribution >= 0.6 is 0 Å². The first-order chi connectivity index (χ1) is 9.47. The molecule has 0 saturated carbocycles. The van der Waals surface area contributed by atoms with Crippen molar-refractivity contribution in [2.24, 2.45) is 0 Å². The molecule has 0 aromatic carbocycles. The zero-order valence-electron chi connectivity index (χ0n) is 12.4. The average molecular weight is 283 g/mol. The summed E-state index contributed by atoms with van der Waals surface area (Å²) in [5.74, 6) is 0.166. The molecule has 0 aromatic heterocycles. The fourth-order valence-corrected chi connectivity index (χ4v) is 3.18. The lowest BCUT2D eigenvalue weighted by Gasteiger charge is -2.38. The maximum absolute atomic E-state index is 11.5. The number of carbonyl (C=O) groups excluding carboxylic acids is 2. The van der Waals surface area contributed by atoms with Gasteiger partial charge in [-0.3, -0.25) is 14.5 Å². The number of aliphatic hydroxyl groups excluding tert-OH is 1. The minimum atomic E-state index is -0.479. The molecule has 1 N–H and O–H groups in total. The molecule has 2 aliphatic rings. The Morgan fingerprint density at radius 1 is 0.900 bits per heavy atom. The number of rotatable bonds is 1. The van der Waals surface area contributed by atoms with E-state index in [1.54, 1.807) is 18.7 Å². The molecule has 6 nitrogen and oxygen atoms in total. The maximum atomic E-state index is 11.5. The molecule has 114 valence electrons. The monoisotopic (exact) mass is 283 g/mol. The van der Waals surface area contributed by atoms with Crippen molar-refractivity contribution in [2.75, 3.05) is 39.3 Å². The van der Waals surface area contributed by atoms with Crippen molar-refractivity contribution in [1.29, 1.82) is 0 Å². The smallest absolute Gasteiger partial charge is 0.219 e. The molecule has 0 spiro atoms. The Bertz CT molecular complexity index is 367. The van der Waals surface area contributed by atoms with E-state index in [1.807, 2.05) is 4.90 Å². The molecule has 2 rings (SSSR count). The number of hydrogen-bond donors (Lipinski definition) is 1. The summed E-state index contributed by atoms with van der Waals surface area (Å²) in [7, 11) is 0. The van der Waals surface area contributed by atoms with E-state index in [2.05, 4.69) is 4.90 Å². The van der Waals surface area contributed by atoms with Gasteiger partial charge in [-0.2, -0.15) is 0 Å². The molecule has 0 aliphatic carbocycles. The van der Waals surface area contributed by atoms with Gasteiger partial charge >= 0.3 is 0 Å². The third-order valence-electron chi connectivity index (χ3n) is 4.41. The number of carbonyl (C=O) groups is 2. The van der Waals surface area contributed by atoms with E-state index in [0.717, 1.165) is 32.5 Å². The molecule has 2 amide bonds. The molecule has 2 aliphatic heterocycles. The summed E-state index contributed by atoms with van der Waals surface area (Å²) in [5.41, 5.74) is 0. The Morgan fingerprint density at radius 2 is 1.50 bits per heavy atom. The zero-order chi connectivity index (χ0) is 14.7. The van der Waals surface area contributed by atoms with E-state index in [-0.39, 0.29) is 11.8 Å². The summed E-state index contributed by atoms with van der Waals surface area (Å²) < 4.78 is 0. The molecule has 0 radical (unpaired) electrons. The summed E-state index contributed by atoms with van der Waals surface area (Å²) >= 11 is 0. The fourth-order valence-electron chi connectivity index (χ4n) is 3.18. The second kappa shape index (κ2) is 6.54. The molecule has 6 heteroatoms. The molecule has 0 unspecified atom stereocenters. The quantitative estimate of drug-likeness (QED) is 0.706. The highest BCUT2D eigenvalue weighted by Crippen LogP contribution is 2.18. The number of likely N-dealkylation sites (tertiary alicyclic amines) is 1. The van der Waals surface area contributed by atoms with E-state index in [4.69, 9.17) is 0 Å². The standard InChI is InChI=1S/C14H25N3O3/c1-11(18)15-5-3-13(4-6-15)17-8-7-16(12(2)19)9-14(20)10-17/h13-14,20H,3-10H2,1-2H3/t14-/m1/s1. The van der Waals surface area contributed by atoms with Crippen LogP contribution in [-0.2, 0) is 9.59 Å². The van der Waals surface area contributed by atoms with Crippen LogP contribution in [0.4, 0.5) is 0 Å². The first-order valence-corrected chi connectivity index (χ1v) is 7.40. The molecule has 1 atom stereocenters. The Labute approximate surface area is 120 Å². The fraction of sp³-hybridized carbons (Fsp3) is 0.857. The number of amides is 2. The van der Waals surface area contributed by atoms with E-state index in [0.29, 0.717) is 25.7 Å². The van der Waals surface area contributed by atoms with Crippen molar-refractivity contribution in [3.05, 3.63) is 0 Å². The summed E-state index contributed by atoms with van der Waals surface area (Å²) in [6.07, 6.45) is 1.42. The van der Waals surface area contributed by atoms with E-state index in [9.17, 15) is 14.7 Å². The predicted octanol–water partition coefficient (Wildman–Crippen LogP) is -0.478. The lowest BCUT2D eigenvalue weighted by molar-refractivity contribution is -0.131. The number of aliphatic hydroxyl groups is 1. The van der Waals surface area contributed by atoms with Crippen molar-refractivity contribution < 1.29 is 14.7 Å². The van der Waals surface area contributed by atoms with Gasteiger partial charge < -0.3 is 14.9 Å². The van der Waals surface area contributed by atoms with Crippen molar-refractivity contribution in [3.63, 3.8) is 0 Å². The molecule has 0 aromatic rings. The first-order valence-electron chi connectivity index (χ1n) is 7.40. The Morgan fingerprint density at radius 3 is 2.05 bits per heavy atom. The van der Waals surface area contributed by atoms with Gasteiger partial charge in [-0.25, -0.2) is 0 Å². The molecule has 2 saturated heterocycles. The van der Waals surface area contributed by atoms with Crippen LogP contribution in [0.5, 0.6) is 0 Å². The van der Waals surface area contributed by atoms with Gasteiger partial charge in [0.1, 0.15) is 0 Å². The van der Waals surface area contributed by atoms with Gasteiger partial charge in [0, 0.05) is 59.2 Å². The molecular weight excluding hydrogens is 258 g/mol. The van der Waals surface area contributed by atoms with Crippen molar-refractivity contribution in [2.45, 2.75) is 38.8 Å². The Kier molecular flexibility index (Phi) is 4.99. The highest BCUT2D eigenvalue weighted by atomic mass is 16.3. The number of nitrogens with zero attached hydrogens (tertiary/aromatic N) is 3. The van der Waals surface area contributed by atoms with Gasteiger partial charge in [0.05, 0.1) is 6.10 Å². The van der Waals surface area contributed by atoms with Crippen LogP contribution in [0.1, 0.15) is 26.7 Å². The highest BCUT2D eigenvalue weighted by molar-refractivity contribution is 5.73. The van der Waals surface area contributed by atoms with Crippen LogP contribution < -0.4 is 0 Å². The van der Waals surface area contributed by atoms with Crippen LogP contribution in [0.15, 0.2) is 0 Å². The second-order valence-electron chi connectivity index (χ2n) is 5.85. The van der Waals surface area contributed by atoms with Gasteiger partial charge in [0.15, 0.2) is 0 Å². The largest absolute Gasteiger partial charge is 0.390 e. The van der Waals surface area contributed by atoms with E-state index >= 15 is 0 Å². The molecule has 0 bridgehead atoms. The zero-order valence-corrected chi connectivity index (χ0v) is 12.4. The molecule has 2 heterocycles. The van der Waals surface area contributed by atoms with E-state index in [1.165, 1.54) is 0 Å². The Balaban J connectivity index is 1.90. The van der Waals surface area contributed by atoms with Crippen molar-refractivity contribution >= 4 is 11.8 Å². The molecular formula is C14H25N3O3. The van der Waals surface area contributed by atoms with Gasteiger partial charge in [0.25, 0.3) is 0 Å². The summed E-state index contributed by atoms with van der Waals surface area (Å²) in [6, 6.07) is 0.409. The first kappa shape index (κ1) is 15.3. The normalized spacial score (nSPS) is 26.4. The second-order valence-corrected chi connectivity index (χ2v) is 5.85. The maximum Gasteiger partial charge on any atom is 0.219 e. The van der Waals surface area contributed by atoms with Crippen molar-refractivity contribution in [1.82, 2.24) is 14.7 Å². The van der Waals surface area contributed by atoms with Gasteiger partial charge in [-0.15, -0.1) is 0 Å². The number of β-amino-alcohol motifs (C(OH)–C–C–N with tert-alkyl or cyclic N) is 1. The molecule has 2 fully saturated rings. The van der Waals surface area contributed by atoms with Crippen LogP contribution in [0, 0.1) is 0 Å². The lowest BCUT2D eigenvalue weighted by atomic mass is 10.0.